The molecule has 0 radical (unpaired) electrons. The molecule has 0 aliphatic rings. The molecule has 36 heavy (non-hydrogen) atoms. The van der Waals surface area contributed by atoms with Gasteiger partial charge in [-0.05, 0) is 34.4 Å². The van der Waals surface area contributed by atoms with E-state index >= 15 is 0 Å². The van der Waals surface area contributed by atoms with Crippen LogP contribution in [0.1, 0.15) is 142 Å². The van der Waals surface area contributed by atoms with Crippen molar-refractivity contribution >= 4 is 76.6 Å². The van der Waals surface area contributed by atoms with Gasteiger partial charge in [0.1, 0.15) is 10.5 Å². The van der Waals surface area contributed by atoms with Gasteiger partial charge in [0.2, 0.25) is 0 Å². The van der Waals surface area contributed by atoms with Gasteiger partial charge in [-0.15, -0.1) is 0 Å². The van der Waals surface area contributed by atoms with E-state index in [1.165, 1.54) is 98.6 Å². The van der Waals surface area contributed by atoms with E-state index in [-0.39, 0.29) is 0 Å². The number of thiocarbonyl (C=S) groups is 2. The van der Waals surface area contributed by atoms with Gasteiger partial charge in [-0.2, -0.15) is 0 Å². The molecular formula is C26H50O4S6. The molecule has 214 valence electrons. The lowest BCUT2D eigenvalue weighted by atomic mass is 10.1. The topological polar surface area (TPSA) is 74.6 Å². The molecule has 0 aromatic rings. The molecule has 4 atom stereocenters. The molecule has 10 heteroatoms. The summed E-state index contributed by atoms with van der Waals surface area (Å²) in [6.07, 6.45) is 22.7. The van der Waals surface area contributed by atoms with E-state index in [2.05, 4.69) is 13.8 Å². The Kier molecular flexibility index (Phi) is 27.1. The van der Waals surface area contributed by atoms with Crippen molar-refractivity contribution in [1.82, 2.24) is 0 Å². The first kappa shape index (κ1) is 37.1. The highest BCUT2D eigenvalue weighted by Crippen LogP contribution is 2.32. The fourth-order valence-corrected chi connectivity index (χ4v) is 9.43. The molecule has 0 saturated carbocycles. The van der Waals surface area contributed by atoms with E-state index < -0.39 is 32.7 Å². The first-order chi connectivity index (χ1) is 17.3. The Hall–Kier alpha value is 1.10. The molecule has 4 nitrogen and oxygen atoms in total. The molecular weight excluding hydrogens is 569 g/mol. The van der Waals surface area contributed by atoms with Gasteiger partial charge in [0.25, 0.3) is 0 Å². The predicted molar refractivity (Wildman–Crippen MR) is 173 cm³/mol. The second kappa shape index (κ2) is 26.3. The summed E-state index contributed by atoms with van der Waals surface area (Å²) >= 11 is 6.85. The molecule has 4 unspecified atom stereocenters. The average molecular weight is 619 g/mol. The van der Waals surface area contributed by atoms with Crippen LogP contribution in [0.2, 0.25) is 0 Å². The van der Waals surface area contributed by atoms with Gasteiger partial charge in [-0.1, -0.05) is 154 Å². The monoisotopic (exact) mass is 618 g/mol. The van der Waals surface area contributed by atoms with Crippen LogP contribution in [0, 0.1) is 0 Å². The highest BCUT2D eigenvalue weighted by Gasteiger charge is 2.25. The molecule has 0 fully saturated rings. The number of rotatable bonds is 24. The smallest absolute Gasteiger partial charge is 0.162 e. The molecule has 0 saturated heterocycles. The van der Waals surface area contributed by atoms with E-state index in [1.54, 1.807) is 0 Å². The van der Waals surface area contributed by atoms with Crippen molar-refractivity contribution in [2.24, 2.45) is 0 Å². The fraction of sp³-hybridized carbons (Fsp3) is 0.923. The van der Waals surface area contributed by atoms with Crippen molar-refractivity contribution in [3.63, 3.8) is 0 Å². The number of hydrogen-bond acceptors (Lipinski definition) is 6. The van der Waals surface area contributed by atoms with E-state index in [0.717, 1.165) is 38.5 Å². The maximum atomic E-state index is 11.9. The third kappa shape index (κ3) is 21.0. The van der Waals surface area contributed by atoms with Gasteiger partial charge in [-0.3, -0.25) is 0 Å². The zero-order valence-corrected chi connectivity index (χ0v) is 27.4. The Labute approximate surface area is 245 Å². The van der Waals surface area contributed by atoms with E-state index in [9.17, 15) is 17.5 Å². The van der Waals surface area contributed by atoms with Crippen LogP contribution in [-0.4, -0.2) is 36.4 Å². The van der Waals surface area contributed by atoms with Crippen molar-refractivity contribution in [2.45, 2.75) is 153 Å². The van der Waals surface area contributed by atoms with E-state index in [4.69, 9.17) is 24.4 Å². The van der Waals surface area contributed by atoms with Gasteiger partial charge in [0, 0.05) is 0 Å². The quantitative estimate of drug-likeness (QED) is 0.0479. The van der Waals surface area contributed by atoms with Gasteiger partial charge in [0.05, 0.1) is 8.39 Å². The summed E-state index contributed by atoms with van der Waals surface area (Å²) in [5.74, 6) is 0. The summed E-state index contributed by atoms with van der Waals surface area (Å²) in [4.78, 5) is 0. The highest BCUT2D eigenvalue weighted by atomic mass is 33.1. The van der Waals surface area contributed by atoms with Crippen molar-refractivity contribution in [2.75, 3.05) is 0 Å². The molecule has 2 N–H and O–H groups in total. The van der Waals surface area contributed by atoms with Crippen LogP contribution in [0.15, 0.2) is 0 Å². The largest absolute Gasteiger partial charge is 0.306 e. The van der Waals surface area contributed by atoms with Gasteiger partial charge in [0.15, 0.2) is 22.2 Å². The minimum absolute atomic E-state index is 0.452. The molecule has 0 spiro atoms. The highest BCUT2D eigenvalue weighted by molar-refractivity contribution is 8.89. The molecule has 0 aliphatic heterocycles. The van der Waals surface area contributed by atoms with Crippen molar-refractivity contribution in [3.8, 4) is 0 Å². The normalized spacial score (nSPS) is 14.9. The van der Waals surface area contributed by atoms with Gasteiger partial charge >= 0.3 is 0 Å². The minimum atomic E-state index is -2.02. The SMILES string of the molecule is CCCCCCCCCCCC(C(=S)SSC(=S)C(CCCCCCCCCCC)S(=O)O)S(=O)O. The van der Waals surface area contributed by atoms with Crippen LogP contribution < -0.4 is 0 Å². The summed E-state index contributed by atoms with van der Waals surface area (Å²) in [6.45, 7) is 4.45. The number of unbranched alkanes of at least 4 members (excludes halogenated alkanes) is 16. The Morgan fingerprint density at radius 1 is 0.556 bits per heavy atom. The van der Waals surface area contributed by atoms with Crippen LogP contribution >= 0.6 is 46.0 Å². The lowest BCUT2D eigenvalue weighted by Gasteiger charge is -2.16. The molecule has 0 aromatic heterocycles. The van der Waals surface area contributed by atoms with Crippen LogP contribution in [0.4, 0.5) is 0 Å². The first-order valence-corrected chi connectivity index (χ1v) is 19.3. The molecule has 0 bridgehead atoms. The lowest BCUT2D eigenvalue weighted by Crippen LogP contribution is -2.23. The second-order valence-electron chi connectivity index (χ2n) is 9.57. The molecule has 0 aliphatic carbocycles. The van der Waals surface area contributed by atoms with Gasteiger partial charge in [-0.25, -0.2) is 8.42 Å². The molecule has 0 heterocycles. The minimum Gasteiger partial charge on any atom is -0.306 e. The summed E-state index contributed by atoms with van der Waals surface area (Å²) in [7, 11) is 2.42. The van der Waals surface area contributed by atoms with Crippen molar-refractivity contribution in [1.29, 1.82) is 0 Å². The summed E-state index contributed by atoms with van der Waals surface area (Å²) in [5.41, 5.74) is 0. The summed E-state index contributed by atoms with van der Waals surface area (Å²) in [6, 6.07) is 0. The third-order valence-corrected chi connectivity index (χ3v) is 12.9. The third-order valence-electron chi connectivity index (χ3n) is 6.36. The predicted octanol–water partition coefficient (Wildman–Crippen LogP) is 10.0. The Morgan fingerprint density at radius 2 is 0.806 bits per heavy atom. The van der Waals surface area contributed by atoms with Gasteiger partial charge < -0.3 is 9.11 Å². The van der Waals surface area contributed by atoms with Crippen LogP contribution in [0.5, 0.6) is 0 Å². The second-order valence-corrected chi connectivity index (χ2v) is 15.4. The summed E-state index contributed by atoms with van der Waals surface area (Å²) < 4.78 is 44.2. The Morgan fingerprint density at radius 3 is 1.06 bits per heavy atom. The fourth-order valence-electron chi connectivity index (χ4n) is 4.07. The van der Waals surface area contributed by atoms with Crippen LogP contribution in [0.25, 0.3) is 0 Å². The van der Waals surface area contributed by atoms with E-state index in [1.807, 2.05) is 0 Å². The van der Waals surface area contributed by atoms with Crippen molar-refractivity contribution < 1.29 is 17.5 Å². The molecule has 0 rings (SSSR count). The molecule has 0 aromatic carbocycles. The molecule has 0 amide bonds. The average Bonchev–Trinajstić information content (AvgIpc) is 2.84. The standard InChI is InChI=1S/C26H50O4S6/c1-3-5-7-9-11-13-15-17-19-21-23(35(27)28)25(31)33-34-26(32)24(36(29)30)22-20-18-16-14-12-10-8-6-4-2/h23-24H,3-22H2,1-2H3,(H,27,28)(H,29,30). The lowest BCUT2D eigenvalue weighted by molar-refractivity contribution is 0.539. The first-order valence-electron chi connectivity index (χ1n) is 14.0. The van der Waals surface area contributed by atoms with Crippen LogP contribution in [0.3, 0.4) is 0 Å². The zero-order valence-electron chi connectivity index (χ0n) is 22.5. The van der Waals surface area contributed by atoms with Crippen LogP contribution in [-0.2, 0) is 22.2 Å². The van der Waals surface area contributed by atoms with Crippen molar-refractivity contribution in [3.05, 3.63) is 0 Å². The zero-order chi connectivity index (χ0) is 27.0. The number of hydrogen-bond donors (Lipinski definition) is 2. The Bertz CT molecular complexity index is 565. The maximum Gasteiger partial charge on any atom is 0.162 e. The summed E-state index contributed by atoms with van der Waals surface area (Å²) in [5, 5.41) is -1.14. The maximum absolute atomic E-state index is 11.9. The Balaban J connectivity index is 4.22. The van der Waals surface area contributed by atoms with E-state index in [0.29, 0.717) is 21.2 Å².